The number of amides is 3. The van der Waals surface area contributed by atoms with Crippen LogP contribution in [0.3, 0.4) is 0 Å². The average Bonchev–Trinajstić information content (AvgIpc) is 2.67. The molecule has 1 aromatic heterocycles. The Morgan fingerprint density at radius 2 is 1.76 bits per heavy atom. The van der Waals surface area contributed by atoms with Gasteiger partial charge >= 0.3 is 6.03 Å². The molecule has 0 spiro atoms. The number of hydrogen-bond acceptors (Lipinski definition) is 4. The van der Waals surface area contributed by atoms with Crippen molar-refractivity contribution in [2.75, 3.05) is 10.6 Å². The minimum atomic E-state index is -0.873. The fraction of sp³-hybridized carbons (Fsp3) is 0. The second kappa shape index (κ2) is 8.53. The smallest absolute Gasteiger partial charge is 0.323 e. The number of anilines is 2. The zero-order valence-electron chi connectivity index (χ0n) is 14.6. The Bertz CT molecular complexity index is 1090. The van der Waals surface area contributed by atoms with Crippen LogP contribution < -0.4 is 21.1 Å². The van der Waals surface area contributed by atoms with Crippen LogP contribution in [0.1, 0.15) is 10.5 Å². The minimum absolute atomic E-state index is 0.0462. The number of primary amides is 1. The fourth-order valence-electron chi connectivity index (χ4n) is 2.31. The van der Waals surface area contributed by atoms with Crippen LogP contribution in [0.4, 0.5) is 25.0 Å². The lowest BCUT2D eigenvalue weighted by Gasteiger charge is -2.12. The third-order valence-corrected chi connectivity index (χ3v) is 3.83. The van der Waals surface area contributed by atoms with Crippen LogP contribution in [0, 0.1) is 11.6 Å². The molecule has 1 heterocycles. The predicted octanol–water partition coefficient (Wildman–Crippen LogP) is 4.55. The zero-order chi connectivity index (χ0) is 21.0. The Kier molecular flexibility index (Phi) is 5.89. The number of aromatic nitrogens is 1. The molecule has 7 nitrogen and oxygen atoms in total. The molecular weight excluding hydrogens is 406 g/mol. The highest BCUT2D eigenvalue weighted by molar-refractivity contribution is 6.30. The molecule has 4 N–H and O–H groups in total. The lowest BCUT2D eigenvalue weighted by atomic mass is 10.2. The van der Waals surface area contributed by atoms with E-state index in [1.807, 2.05) is 0 Å². The van der Waals surface area contributed by atoms with Gasteiger partial charge in [-0.1, -0.05) is 11.6 Å². The first-order valence-corrected chi connectivity index (χ1v) is 8.46. The van der Waals surface area contributed by atoms with Crippen molar-refractivity contribution in [2.24, 2.45) is 5.73 Å². The average molecular weight is 419 g/mol. The number of carbonyl (C=O) groups excluding carboxylic acids is 2. The molecule has 0 radical (unpaired) electrons. The summed E-state index contributed by atoms with van der Waals surface area (Å²) in [4.78, 5) is 27.2. The number of hydrogen-bond donors (Lipinski definition) is 3. The van der Waals surface area contributed by atoms with Crippen molar-refractivity contribution in [1.29, 1.82) is 0 Å². The Balaban J connectivity index is 1.72. The van der Waals surface area contributed by atoms with Crippen LogP contribution in [0.15, 0.2) is 54.7 Å². The number of ether oxygens (including phenoxy) is 1. The highest BCUT2D eigenvalue weighted by atomic mass is 35.5. The number of benzene rings is 2. The fourth-order valence-corrected chi connectivity index (χ4v) is 2.49. The lowest BCUT2D eigenvalue weighted by Crippen LogP contribution is -2.20. The van der Waals surface area contributed by atoms with Gasteiger partial charge in [0.15, 0.2) is 11.4 Å². The highest BCUT2D eigenvalue weighted by Crippen LogP contribution is 2.27. The summed E-state index contributed by atoms with van der Waals surface area (Å²) in [7, 11) is 0. The summed E-state index contributed by atoms with van der Waals surface area (Å²) in [5.74, 6) is -2.23. The topological polar surface area (TPSA) is 106 Å². The molecule has 2 aromatic carbocycles. The summed E-state index contributed by atoms with van der Waals surface area (Å²) in [6.45, 7) is 0. The molecule has 0 bridgehead atoms. The first kappa shape index (κ1) is 20.0. The first-order valence-electron chi connectivity index (χ1n) is 8.09. The molecule has 3 rings (SSSR count). The summed E-state index contributed by atoms with van der Waals surface area (Å²) in [5.41, 5.74) is 4.76. The van der Waals surface area contributed by atoms with E-state index in [9.17, 15) is 18.4 Å². The van der Waals surface area contributed by atoms with Gasteiger partial charge in [-0.2, -0.15) is 0 Å². The van der Waals surface area contributed by atoms with Gasteiger partial charge in [-0.25, -0.2) is 18.6 Å². The second-order valence-corrected chi connectivity index (χ2v) is 6.10. The van der Waals surface area contributed by atoms with Gasteiger partial charge in [0.2, 0.25) is 0 Å². The van der Waals surface area contributed by atoms with E-state index in [1.165, 1.54) is 42.6 Å². The molecule has 3 aromatic rings. The molecule has 0 saturated carbocycles. The van der Waals surface area contributed by atoms with E-state index >= 15 is 0 Å². The van der Waals surface area contributed by atoms with Crippen LogP contribution in [-0.2, 0) is 0 Å². The van der Waals surface area contributed by atoms with Crippen LogP contribution in [0.5, 0.6) is 11.5 Å². The SMILES string of the molecule is NC(=O)c1ncccc1Oc1ccc(NC(=O)Nc2cc(Cl)ccc2F)c(F)c1. The van der Waals surface area contributed by atoms with Gasteiger partial charge in [0, 0.05) is 17.3 Å². The first-order chi connectivity index (χ1) is 13.8. The van der Waals surface area contributed by atoms with E-state index in [4.69, 9.17) is 22.1 Å². The molecule has 0 atom stereocenters. The Morgan fingerprint density at radius 3 is 2.48 bits per heavy atom. The Labute approximate surface area is 168 Å². The zero-order valence-corrected chi connectivity index (χ0v) is 15.3. The van der Waals surface area contributed by atoms with E-state index in [0.717, 1.165) is 12.1 Å². The van der Waals surface area contributed by atoms with E-state index in [2.05, 4.69) is 15.6 Å². The van der Waals surface area contributed by atoms with Crippen LogP contribution >= 0.6 is 11.6 Å². The second-order valence-electron chi connectivity index (χ2n) is 5.66. The standard InChI is InChI=1S/C19H13ClF2N4O3/c20-10-3-5-12(21)15(8-10)26-19(28)25-14-6-4-11(9-13(14)22)29-16-2-1-7-24-17(16)18(23)27/h1-9H,(H2,23,27)(H2,25,26,28). The van der Waals surface area contributed by atoms with E-state index in [0.29, 0.717) is 0 Å². The summed E-state index contributed by atoms with van der Waals surface area (Å²) >= 11 is 5.75. The number of carbonyl (C=O) groups is 2. The van der Waals surface area contributed by atoms with Gasteiger partial charge < -0.3 is 21.1 Å². The van der Waals surface area contributed by atoms with Gasteiger partial charge in [0.05, 0.1) is 11.4 Å². The highest BCUT2D eigenvalue weighted by Gasteiger charge is 2.14. The molecule has 29 heavy (non-hydrogen) atoms. The monoisotopic (exact) mass is 418 g/mol. The van der Waals surface area contributed by atoms with Crippen LogP contribution in [0.25, 0.3) is 0 Å². The number of nitrogens with one attached hydrogen (secondary N) is 2. The summed E-state index contributed by atoms with van der Waals surface area (Å²) in [5, 5.41) is 4.71. The molecule has 148 valence electrons. The van der Waals surface area contributed by atoms with Crippen molar-refractivity contribution in [2.45, 2.75) is 0 Å². The number of nitrogens with two attached hydrogens (primary N) is 1. The largest absolute Gasteiger partial charge is 0.455 e. The molecule has 3 amide bonds. The van der Waals surface area contributed by atoms with Crippen molar-refractivity contribution in [3.05, 3.63) is 77.1 Å². The quantitative estimate of drug-likeness (QED) is 0.565. The van der Waals surface area contributed by atoms with Gasteiger partial charge in [-0.3, -0.25) is 4.79 Å². The number of rotatable bonds is 5. The number of pyridine rings is 1. The van der Waals surface area contributed by atoms with Crippen molar-refractivity contribution in [3.63, 3.8) is 0 Å². The Morgan fingerprint density at radius 1 is 1.00 bits per heavy atom. The van der Waals surface area contributed by atoms with Gasteiger partial charge in [-0.05, 0) is 42.5 Å². The molecule has 0 saturated heterocycles. The molecular formula is C19H13ClF2N4O3. The third-order valence-electron chi connectivity index (χ3n) is 3.60. The maximum absolute atomic E-state index is 14.3. The summed E-state index contributed by atoms with van der Waals surface area (Å²) < 4.78 is 33.4. The van der Waals surface area contributed by atoms with Gasteiger partial charge in [-0.15, -0.1) is 0 Å². The molecule has 0 unspecified atom stereocenters. The van der Waals surface area contributed by atoms with E-state index in [1.54, 1.807) is 0 Å². The minimum Gasteiger partial charge on any atom is -0.455 e. The maximum atomic E-state index is 14.3. The lowest BCUT2D eigenvalue weighted by molar-refractivity contribution is 0.0993. The van der Waals surface area contributed by atoms with Gasteiger partial charge in [0.25, 0.3) is 5.91 Å². The van der Waals surface area contributed by atoms with Gasteiger partial charge in [0.1, 0.15) is 17.4 Å². The number of urea groups is 1. The maximum Gasteiger partial charge on any atom is 0.323 e. The molecule has 0 aliphatic heterocycles. The van der Waals surface area contributed by atoms with Crippen molar-refractivity contribution in [1.82, 2.24) is 4.98 Å². The van der Waals surface area contributed by atoms with E-state index in [-0.39, 0.29) is 33.6 Å². The third kappa shape index (κ3) is 4.96. The molecule has 0 aliphatic carbocycles. The normalized spacial score (nSPS) is 10.3. The number of nitrogens with zero attached hydrogens (tertiary/aromatic N) is 1. The molecule has 0 aliphatic rings. The number of halogens is 3. The Hall–Kier alpha value is -3.72. The molecule has 0 fully saturated rings. The predicted molar refractivity (Wildman–Crippen MR) is 103 cm³/mol. The van der Waals surface area contributed by atoms with Crippen LogP contribution in [0.2, 0.25) is 5.02 Å². The van der Waals surface area contributed by atoms with Crippen molar-refractivity contribution < 1.29 is 23.1 Å². The van der Waals surface area contributed by atoms with Crippen molar-refractivity contribution >= 4 is 34.9 Å². The summed E-state index contributed by atoms with van der Waals surface area (Å²) in [6, 6.07) is 9.31. The van der Waals surface area contributed by atoms with Crippen LogP contribution in [-0.4, -0.2) is 16.9 Å². The summed E-state index contributed by atoms with van der Waals surface area (Å²) in [6.07, 6.45) is 1.36. The molecule has 10 heteroatoms. The van der Waals surface area contributed by atoms with Crippen molar-refractivity contribution in [3.8, 4) is 11.5 Å². The van der Waals surface area contributed by atoms with E-state index < -0.39 is 23.6 Å².